The van der Waals surface area contributed by atoms with E-state index in [9.17, 15) is 18.4 Å². The normalized spacial score (nSPS) is 13.8. The molecule has 7 heteroatoms. The maximum Gasteiger partial charge on any atom is 0.267 e. The zero-order valence-electron chi connectivity index (χ0n) is 12.3. The number of carbonyl (C=O) groups is 1. The van der Waals surface area contributed by atoms with Crippen LogP contribution in [0.15, 0.2) is 35.1 Å². The van der Waals surface area contributed by atoms with Crippen molar-refractivity contribution in [2.24, 2.45) is 0 Å². The summed E-state index contributed by atoms with van der Waals surface area (Å²) < 4.78 is 27.4. The van der Waals surface area contributed by atoms with Crippen LogP contribution in [0.5, 0.6) is 0 Å². The Morgan fingerprint density at radius 3 is 2.74 bits per heavy atom. The Bertz CT molecular complexity index is 800. The highest BCUT2D eigenvalue weighted by Crippen LogP contribution is 2.38. The molecular weight excluding hydrogens is 304 g/mol. The van der Waals surface area contributed by atoms with Gasteiger partial charge in [-0.3, -0.25) is 9.59 Å². The molecule has 23 heavy (non-hydrogen) atoms. The first-order chi connectivity index (χ1) is 11.0. The fraction of sp³-hybridized carbons (Fsp3) is 0.312. The number of rotatable bonds is 5. The van der Waals surface area contributed by atoms with Crippen LogP contribution in [0, 0.1) is 11.6 Å². The van der Waals surface area contributed by atoms with E-state index in [-0.39, 0.29) is 24.2 Å². The van der Waals surface area contributed by atoms with Crippen molar-refractivity contribution >= 4 is 5.91 Å². The van der Waals surface area contributed by atoms with Crippen molar-refractivity contribution in [3.05, 3.63) is 63.6 Å². The SMILES string of the molecule is O=C(Cn1nc(C2CC2)ccc1=O)NCc1ccc(F)cc1F. The lowest BCUT2D eigenvalue weighted by Crippen LogP contribution is -2.33. The number of halogens is 2. The Kier molecular flexibility index (Phi) is 4.18. The molecular formula is C16H15F2N3O2. The highest BCUT2D eigenvalue weighted by molar-refractivity contribution is 5.75. The van der Waals surface area contributed by atoms with Crippen LogP contribution in [-0.2, 0) is 17.9 Å². The third-order valence-corrected chi connectivity index (χ3v) is 3.67. The molecule has 5 nitrogen and oxygen atoms in total. The van der Waals surface area contributed by atoms with E-state index < -0.39 is 17.5 Å². The summed E-state index contributed by atoms with van der Waals surface area (Å²) in [6.45, 7) is -0.315. The highest BCUT2D eigenvalue weighted by Gasteiger charge is 2.25. The molecule has 0 saturated heterocycles. The van der Waals surface area contributed by atoms with Crippen molar-refractivity contribution in [3.8, 4) is 0 Å². The van der Waals surface area contributed by atoms with Crippen LogP contribution in [0.1, 0.15) is 30.0 Å². The van der Waals surface area contributed by atoms with Gasteiger partial charge < -0.3 is 5.32 Å². The van der Waals surface area contributed by atoms with Gasteiger partial charge in [0, 0.05) is 30.2 Å². The quantitative estimate of drug-likeness (QED) is 0.912. The van der Waals surface area contributed by atoms with E-state index in [4.69, 9.17) is 0 Å². The third-order valence-electron chi connectivity index (χ3n) is 3.67. The predicted octanol–water partition coefficient (Wildman–Crippen LogP) is 1.72. The zero-order valence-corrected chi connectivity index (χ0v) is 12.3. The summed E-state index contributed by atoms with van der Waals surface area (Å²) in [4.78, 5) is 23.6. The topological polar surface area (TPSA) is 64.0 Å². The van der Waals surface area contributed by atoms with Crippen LogP contribution in [0.4, 0.5) is 8.78 Å². The van der Waals surface area contributed by atoms with E-state index >= 15 is 0 Å². The number of nitrogens with zero attached hydrogens (tertiary/aromatic N) is 2. The Hall–Kier alpha value is -2.57. The van der Waals surface area contributed by atoms with Gasteiger partial charge in [-0.05, 0) is 25.0 Å². The van der Waals surface area contributed by atoms with Gasteiger partial charge in [0.05, 0.1) is 5.69 Å². The second-order valence-electron chi connectivity index (χ2n) is 5.54. The summed E-state index contributed by atoms with van der Waals surface area (Å²) in [5.41, 5.74) is 0.617. The van der Waals surface area contributed by atoms with Gasteiger partial charge in [0.25, 0.3) is 5.56 Å². The van der Waals surface area contributed by atoms with Crippen LogP contribution in [0.25, 0.3) is 0 Å². The van der Waals surface area contributed by atoms with Gasteiger partial charge in [-0.15, -0.1) is 0 Å². The molecule has 0 radical (unpaired) electrons. The van der Waals surface area contributed by atoms with Gasteiger partial charge in [-0.2, -0.15) is 5.10 Å². The minimum absolute atomic E-state index is 0.0813. The molecule has 120 valence electrons. The largest absolute Gasteiger partial charge is 0.350 e. The Morgan fingerprint density at radius 1 is 1.26 bits per heavy atom. The molecule has 1 aromatic carbocycles. The van der Waals surface area contributed by atoms with E-state index in [1.807, 2.05) is 0 Å². The third kappa shape index (κ3) is 3.80. The highest BCUT2D eigenvalue weighted by atomic mass is 19.1. The monoisotopic (exact) mass is 319 g/mol. The minimum Gasteiger partial charge on any atom is -0.350 e. The lowest BCUT2D eigenvalue weighted by atomic mass is 10.2. The second kappa shape index (κ2) is 6.28. The summed E-state index contributed by atoms with van der Waals surface area (Å²) in [6.07, 6.45) is 2.09. The van der Waals surface area contributed by atoms with Gasteiger partial charge in [-0.1, -0.05) is 6.07 Å². The molecule has 1 aliphatic carbocycles. The summed E-state index contributed by atoms with van der Waals surface area (Å²) in [5.74, 6) is -1.49. The Morgan fingerprint density at radius 2 is 2.04 bits per heavy atom. The lowest BCUT2D eigenvalue weighted by Gasteiger charge is -2.08. The van der Waals surface area contributed by atoms with Gasteiger partial charge in [-0.25, -0.2) is 13.5 Å². The molecule has 2 aromatic rings. The molecule has 1 amide bonds. The average Bonchev–Trinajstić information content (AvgIpc) is 3.33. The van der Waals surface area contributed by atoms with E-state index in [2.05, 4.69) is 10.4 Å². The molecule has 0 spiro atoms. The van der Waals surface area contributed by atoms with Gasteiger partial charge in [0.1, 0.15) is 18.2 Å². The number of nitrogens with one attached hydrogen (secondary N) is 1. The fourth-order valence-corrected chi connectivity index (χ4v) is 2.23. The Balaban J connectivity index is 1.63. The summed E-state index contributed by atoms with van der Waals surface area (Å²) >= 11 is 0. The summed E-state index contributed by atoms with van der Waals surface area (Å²) in [5, 5.41) is 6.68. The Labute approximate surface area is 130 Å². The van der Waals surface area contributed by atoms with Gasteiger partial charge >= 0.3 is 0 Å². The van der Waals surface area contributed by atoms with Crippen LogP contribution in [0.3, 0.4) is 0 Å². The number of amides is 1. The molecule has 1 heterocycles. The van der Waals surface area contributed by atoms with Crippen molar-refractivity contribution in [1.29, 1.82) is 0 Å². The number of carbonyl (C=O) groups excluding carboxylic acids is 1. The molecule has 0 aliphatic heterocycles. The second-order valence-corrected chi connectivity index (χ2v) is 5.54. The van der Waals surface area contributed by atoms with Crippen molar-refractivity contribution in [1.82, 2.24) is 15.1 Å². The van der Waals surface area contributed by atoms with Crippen LogP contribution in [0.2, 0.25) is 0 Å². The molecule has 1 aromatic heterocycles. The maximum absolute atomic E-state index is 13.5. The molecule has 1 aliphatic rings. The molecule has 0 unspecified atom stereocenters. The first-order valence-electron chi connectivity index (χ1n) is 7.31. The number of hydrogen-bond acceptors (Lipinski definition) is 3. The van der Waals surface area contributed by atoms with Gasteiger partial charge in [0.2, 0.25) is 5.91 Å². The molecule has 1 N–H and O–H groups in total. The standard InChI is InChI=1S/C16H15F2N3O2/c17-12-4-3-11(13(18)7-12)8-19-15(22)9-21-16(23)6-5-14(20-21)10-1-2-10/h3-7,10H,1-2,8-9H2,(H,19,22). The van der Waals surface area contributed by atoms with Gasteiger partial charge in [0.15, 0.2) is 0 Å². The first-order valence-corrected chi connectivity index (χ1v) is 7.31. The van der Waals surface area contributed by atoms with E-state index in [1.165, 1.54) is 12.1 Å². The van der Waals surface area contributed by atoms with Crippen molar-refractivity contribution in [2.45, 2.75) is 31.8 Å². The maximum atomic E-state index is 13.5. The van der Waals surface area contributed by atoms with Crippen LogP contribution < -0.4 is 10.9 Å². The van der Waals surface area contributed by atoms with Crippen LogP contribution in [-0.4, -0.2) is 15.7 Å². The fourth-order valence-electron chi connectivity index (χ4n) is 2.23. The summed E-state index contributed by atoms with van der Waals surface area (Å²) in [7, 11) is 0. The molecule has 1 saturated carbocycles. The van der Waals surface area contributed by atoms with Crippen molar-refractivity contribution < 1.29 is 13.6 Å². The van der Waals surface area contributed by atoms with Crippen LogP contribution >= 0.6 is 0 Å². The predicted molar refractivity (Wildman–Crippen MR) is 78.7 cm³/mol. The molecule has 0 bridgehead atoms. The molecule has 1 fully saturated rings. The number of aromatic nitrogens is 2. The number of benzene rings is 1. The zero-order chi connectivity index (χ0) is 16.4. The molecule has 0 atom stereocenters. The average molecular weight is 319 g/mol. The minimum atomic E-state index is -0.726. The first kappa shape index (κ1) is 15.3. The van der Waals surface area contributed by atoms with Crippen molar-refractivity contribution in [3.63, 3.8) is 0 Å². The van der Waals surface area contributed by atoms with E-state index in [1.54, 1.807) is 6.07 Å². The number of hydrogen-bond donors (Lipinski definition) is 1. The lowest BCUT2D eigenvalue weighted by molar-refractivity contribution is -0.122. The van der Waals surface area contributed by atoms with E-state index in [0.29, 0.717) is 5.92 Å². The summed E-state index contributed by atoms with van der Waals surface area (Å²) in [6, 6.07) is 6.22. The smallest absolute Gasteiger partial charge is 0.267 e. The van der Waals surface area contributed by atoms with Crippen molar-refractivity contribution in [2.75, 3.05) is 0 Å². The molecule has 3 rings (SSSR count). The van der Waals surface area contributed by atoms with E-state index in [0.717, 1.165) is 35.4 Å².